The molecule has 0 spiro atoms. The zero-order valence-corrected chi connectivity index (χ0v) is 12.5. The fourth-order valence-electron chi connectivity index (χ4n) is 2.45. The molecule has 0 aromatic heterocycles. The quantitative estimate of drug-likeness (QED) is 0.869. The van der Waals surface area contributed by atoms with Gasteiger partial charge in [-0.25, -0.2) is 0 Å². The van der Waals surface area contributed by atoms with Crippen LogP contribution in [0.2, 0.25) is 5.02 Å². The van der Waals surface area contributed by atoms with Gasteiger partial charge in [-0.1, -0.05) is 23.7 Å². The van der Waals surface area contributed by atoms with Crippen LogP contribution in [-0.2, 0) is 16.1 Å². The van der Waals surface area contributed by atoms with Crippen molar-refractivity contribution in [1.82, 2.24) is 10.2 Å². The van der Waals surface area contributed by atoms with Crippen molar-refractivity contribution in [2.24, 2.45) is 5.92 Å². The molecule has 1 aromatic rings. The smallest absolute Gasteiger partial charge is 0.306 e. The third-order valence-corrected chi connectivity index (χ3v) is 3.93. The number of nitrogens with one attached hydrogen (secondary N) is 1. The van der Waals surface area contributed by atoms with Gasteiger partial charge in [-0.15, -0.1) is 0 Å². The Morgan fingerprint density at radius 2 is 2.05 bits per heavy atom. The van der Waals surface area contributed by atoms with Crippen LogP contribution < -0.4 is 5.32 Å². The molecule has 0 unspecified atom stereocenters. The van der Waals surface area contributed by atoms with Crippen LogP contribution in [0, 0.1) is 5.92 Å². The van der Waals surface area contributed by atoms with Gasteiger partial charge in [0, 0.05) is 24.7 Å². The number of aliphatic carboxylic acids is 1. The number of carboxylic acids is 1. The first-order chi connectivity index (χ1) is 10.1. The number of carboxylic acid groups (broad SMARTS) is 1. The SMILES string of the molecule is O=C(O)C1CCN(C(=O)CNCc2cccc(Cl)c2)CC1. The number of likely N-dealkylation sites (tertiary alicyclic amines) is 1. The predicted molar refractivity (Wildman–Crippen MR) is 80.1 cm³/mol. The molecule has 1 fully saturated rings. The zero-order chi connectivity index (χ0) is 15.2. The van der Waals surface area contributed by atoms with Gasteiger partial charge in [0.05, 0.1) is 12.5 Å². The fraction of sp³-hybridized carbons (Fsp3) is 0.467. The molecule has 0 aliphatic carbocycles. The van der Waals surface area contributed by atoms with Crippen LogP contribution in [0.25, 0.3) is 0 Å². The highest BCUT2D eigenvalue weighted by atomic mass is 35.5. The molecule has 0 saturated carbocycles. The first-order valence-corrected chi connectivity index (χ1v) is 7.40. The van der Waals surface area contributed by atoms with Crippen molar-refractivity contribution >= 4 is 23.5 Å². The molecule has 1 aliphatic heterocycles. The topological polar surface area (TPSA) is 69.6 Å². The van der Waals surface area contributed by atoms with Gasteiger partial charge < -0.3 is 15.3 Å². The Labute approximate surface area is 128 Å². The molecule has 2 rings (SSSR count). The van der Waals surface area contributed by atoms with E-state index in [1.165, 1.54) is 0 Å². The number of piperidine rings is 1. The Bertz CT molecular complexity index is 513. The van der Waals surface area contributed by atoms with E-state index in [4.69, 9.17) is 16.7 Å². The Morgan fingerprint density at radius 1 is 1.33 bits per heavy atom. The Morgan fingerprint density at radius 3 is 2.67 bits per heavy atom. The zero-order valence-electron chi connectivity index (χ0n) is 11.7. The first-order valence-electron chi connectivity index (χ1n) is 7.02. The number of nitrogens with zero attached hydrogens (tertiary/aromatic N) is 1. The normalized spacial score (nSPS) is 16.0. The van der Waals surface area contributed by atoms with Crippen LogP contribution in [0.5, 0.6) is 0 Å². The van der Waals surface area contributed by atoms with E-state index in [1.54, 1.807) is 4.90 Å². The van der Waals surface area contributed by atoms with Crippen molar-refractivity contribution in [2.45, 2.75) is 19.4 Å². The van der Waals surface area contributed by atoms with Crippen LogP contribution in [0.3, 0.4) is 0 Å². The van der Waals surface area contributed by atoms with Gasteiger partial charge in [-0.3, -0.25) is 9.59 Å². The third kappa shape index (κ3) is 4.72. The van der Waals surface area contributed by atoms with E-state index >= 15 is 0 Å². The van der Waals surface area contributed by atoms with E-state index in [-0.39, 0.29) is 18.4 Å². The number of halogens is 1. The second kappa shape index (κ2) is 7.43. The van der Waals surface area contributed by atoms with Crippen molar-refractivity contribution in [3.8, 4) is 0 Å². The van der Waals surface area contributed by atoms with Crippen molar-refractivity contribution in [2.75, 3.05) is 19.6 Å². The highest BCUT2D eigenvalue weighted by molar-refractivity contribution is 6.30. The molecule has 21 heavy (non-hydrogen) atoms. The summed E-state index contributed by atoms with van der Waals surface area (Å²) in [6.07, 6.45) is 1.07. The molecule has 1 aromatic carbocycles. The largest absolute Gasteiger partial charge is 0.481 e. The molecule has 1 aliphatic rings. The second-order valence-corrected chi connectivity index (χ2v) is 5.66. The maximum absolute atomic E-state index is 12.0. The number of carbonyl (C=O) groups is 2. The average Bonchev–Trinajstić information content (AvgIpc) is 2.47. The third-order valence-electron chi connectivity index (χ3n) is 3.69. The number of hydrogen-bond acceptors (Lipinski definition) is 3. The maximum atomic E-state index is 12.0. The number of carbonyl (C=O) groups excluding carboxylic acids is 1. The first kappa shape index (κ1) is 15.8. The maximum Gasteiger partial charge on any atom is 0.306 e. The van der Waals surface area contributed by atoms with Crippen molar-refractivity contribution in [1.29, 1.82) is 0 Å². The monoisotopic (exact) mass is 310 g/mol. The average molecular weight is 311 g/mol. The summed E-state index contributed by atoms with van der Waals surface area (Å²) in [5.41, 5.74) is 1.03. The van der Waals surface area contributed by atoms with Crippen LogP contribution >= 0.6 is 11.6 Å². The number of benzene rings is 1. The van der Waals surface area contributed by atoms with Gasteiger partial charge in [0.1, 0.15) is 0 Å². The molecule has 114 valence electrons. The lowest BCUT2D eigenvalue weighted by Crippen LogP contribution is -2.43. The summed E-state index contributed by atoms with van der Waals surface area (Å²) in [7, 11) is 0. The van der Waals surface area contributed by atoms with E-state index in [0.29, 0.717) is 37.5 Å². The molecule has 2 N–H and O–H groups in total. The van der Waals surface area contributed by atoms with Crippen molar-refractivity contribution < 1.29 is 14.7 Å². The summed E-state index contributed by atoms with van der Waals surface area (Å²) >= 11 is 5.90. The number of rotatable bonds is 5. The minimum atomic E-state index is -0.763. The van der Waals surface area contributed by atoms with Crippen LogP contribution in [0.4, 0.5) is 0 Å². The van der Waals surface area contributed by atoms with Crippen molar-refractivity contribution in [3.63, 3.8) is 0 Å². The molecule has 5 nitrogen and oxygen atoms in total. The summed E-state index contributed by atoms with van der Waals surface area (Å²) in [4.78, 5) is 24.6. The molecule has 0 atom stereocenters. The Balaban J connectivity index is 1.72. The summed E-state index contributed by atoms with van der Waals surface area (Å²) < 4.78 is 0. The molecule has 0 bridgehead atoms. The molecule has 6 heteroatoms. The highest BCUT2D eigenvalue weighted by Crippen LogP contribution is 2.17. The van der Waals surface area contributed by atoms with E-state index in [2.05, 4.69) is 5.32 Å². The summed E-state index contributed by atoms with van der Waals surface area (Å²) in [6.45, 7) is 1.88. The standard InChI is InChI=1S/C15H19ClN2O3/c16-13-3-1-2-11(8-13)9-17-10-14(19)18-6-4-12(5-7-18)15(20)21/h1-3,8,12,17H,4-7,9-10H2,(H,20,21). The van der Waals surface area contributed by atoms with Gasteiger partial charge in [-0.05, 0) is 30.5 Å². The van der Waals surface area contributed by atoms with Crippen molar-refractivity contribution in [3.05, 3.63) is 34.9 Å². The Kier molecular flexibility index (Phi) is 5.59. The van der Waals surface area contributed by atoms with Gasteiger partial charge in [-0.2, -0.15) is 0 Å². The fourth-order valence-corrected chi connectivity index (χ4v) is 2.66. The minimum absolute atomic E-state index is 0.0147. The minimum Gasteiger partial charge on any atom is -0.481 e. The molecule has 1 amide bonds. The molecule has 1 saturated heterocycles. The lowest BCUT2D eigenvalue weighted by Gasteiger charge is -2.30. The Hall–Kier alpha value is -1.59. The summed E-state index contributed by atoms with van der Waals surface area (Å²) in [6, 6.07) is 7.49. The van der Waals surface area contributed by atoms with Crippen LogP contribution in [0.15, 0.2) is 24.3 Å². The molecule has 0 radical (unpaired) electrons. The highest BCUT2D eigenvalue weighted by Gasteiger charge is 2.26. The molecular formula is C15H19ClN2O3. The van der Waals surface area contributed by atoms with E-state index in [0.717, 1.165) is 5.56 Å². The number of amides is 1. The predicted octanol–water partition coefficient (Wildman–Crippen LogP) is 1.75. The van der Waals surface area contributed by atoms with Crippen LogP contribution in [-0.4, -0.2) is 41.5 Å². The van der Waals surface area contributed by atoms with Gasteiger partial charge in [0.15, 0.2) is 0 Å². The van der Waals surface area contributed by atoms with Crippen LogP contribution in [0.1, 0.15) is 18.4 Å². The second-order valence-electron chi connectivity index (χ2n) is 5.23. The molecule has 1 heterocycles. The molecular weight excluding hydrogens is 292 g/mol. The van der Waals surface area contributed by atoms with Gasteiger partial charge in [0.2, 0.25) is 5.91 Å². The lowest BCUT2D eigenvalue weighted by atomic mass is 9.97. The van der Waals surface area contributed by atoms with E-state index < -0.39 is 5.97 Å². The van der Waals surface area contributed by atoms with Gasteiger partial charge in [0.25, 0.3) is 0 Å². The summed E-state index contributed by atoms with van der Waals surface area (Å²) in [5.74, 6) is -1.06. The van der Waals surface area contributed by atoms with Gasteiger partial charge >= 0.3 is 5.97 Å². The summed E-state index contributed by atoms with van der Waals surface area (Å²) in [5, 5.41) is 12.7. The van der Waals surface area contributed by atoms with E-state index in [1.807, 2.05) is 24.3 Å². The number of hydrogen-bond donors (Lipinski definition) is 2. The lowest BCUT2D eigenvalue weighted by molar-refractivity contribution is -0.145. The van der Waals surface area contributed by atoms with E-state index in [9.17, 15) is 9.59 Å².